The number of carbonyl (C=O) groups is 1. The van der Waals surface area contributed by atoms with E-state index in [0.29, 0.717) is 18.4 Å². The van der Waals surface area contributed by atoms with Crippen molar-refractivity contribution < 1.29 is 4.79 Å². The SMILES string of the molecule is CN1CCC(NC(=O)CCC2CCC[N]C2)CC1. The van der Waals surface area contributed by atoms with E-state index in [2.05, 4.69) is 22.6 Å². The first-order chi connectivity index (χ1) is 8.74. The predicted molar refractivity (Wildman–Crippen MR) is 72.5 cm³/mol. The molecule has 2 heterocycles. The molecule has 2 aliphatic heterocycles. The number of hydrogen-bond acceptors (Lipinski definition) is 2. The molecule has 0 saturated carbocycles. The molecule has 4 heteroatoms. The molecule has 0 aliphatic carbocycles. The average molecular weight is 252 g/mol. The summed E-state index contributed by atoms with van der Waals surface area (Å²) in [5, 5.41) is 7.61. The quantitative estimate of drug-likeness (QED) is 0.811. The van der Waals surface area contributed by atoms with Crippen LogP contribution in [0.25, 0.3) is 0 Å². The third-order valence-electron chi connectivity index (χ3n) is 4.18. The molecule has 2 aliphatic rings. The van der Waals surface area contributed by atoms with Crippen LogP contribution in [0.1, 0.15) is 38.5 Å². The van der Waals surface area contributed by atoms with Crippen LogP contribution in [-0.2, 0) is 4.79 Å². The van der Waals surface area contributed by atoms with E-state index in [-0.39, 0.29) is 5.91 Å². The first kappa shape index (κ1) is 13.8. The summed E-state index contributed by atoms with van der Waals surface area (Å²) < 4.78 is 0. The van der Waals surface area contributed by atoms with Crippen molar-refractivity contribution >= 4 is 5.91 Å². The highest BCUT2D eigenvalue weighted by atomic mass is 16.1. The number of rotatable bonds is 4. The zero-order chi connectivity index (χ0) is 12.8. The minimum Gasteiger partial charge on any atom is -0.353 e. The fourth-order valence-electron chi connectivity index (χ4n) is 2.88. The van der Waals surface area contributed by atoms with Crippen LogP contribution in [0.4, 0.5) is 0 Å². The van der Waals surface area contributed by atoms with E-state index >= 15 is 0 Å². The number of hydrogen-bond donors (Lipinski definition) is 1. The first-order valence-corrected chi connectivity index (χ1v) is 7.35. The van der Waals surface area contributed by atoms with Crippen LogP contribution in [0, 0.1) is 5.92 Å². The maximum absolute atomic E-state index is 11.9. The smallest absolute Gasteiger partial charge is 0.220 e. The molecule has 0 spiro atoms. The molecule has 2 rings (SSSR count). The largest absolute Gasteiger partial charge is 0.353 e. The van der Waals surface area contributed by atoms with Gasteiger partial charge < -0.3 is 10.2 Å². The fraction of sp³-hybridized carbons (Fsp3) is 0.929. The minimum atomic E-state index is 0.245. The average Bonchev–Trinajstić information content (AvgIpc) is 2.40. The maximum Gasteiger partial charge on any atom is 0.220 e. The number of piperidine rings is 2. The van der Waals surface area contributed by atoms with Crippen LogP contribution in [0.15, 0.2) is 0 Å². The lowest BCUT2D eigenvalue weighted by molar-refractivity contribution is -0.122. The molecule has 0 bridgehead atoms. The van der Waals surface area contributed by atoms with E-state index in [1.807, 2.05) is 0 Å². The van der Waals surface area contributed by atoms with Crippen LogP contribution in [0.2, 0.25) is 0 Å². The molecule has 1 radical (unpaired) electrons. The van der Waals surface area contributed by atoms with Crippen LogP contribution in [0.5, 0.6) is 0 Å². The van der Waals surface area contributed by atoms with Crippen LogP contribution in [-0.4, -0.2) is 50.1 Å². The van der Waals surface area contributed by atoms with Crippen molar-refractivity contribution in [3.63, 3.8) is 0 Å². The second-order valence-corrected chi connectivity index (χ2v) is 5.82. The van der Waals surface area contributed by atoms with Gasteiger partial charge in [-0.25, -0.2) is 5.32 Å². The van der Waals surface area contributed by atoms with Crippen molar-refractivity contribution in [3.8, 4) is 0 Å². The van der Waals surface area contributed by atoms with Crippen molar-refractivity contribution in [2.24, 2.45) is 5.92 Å². The molecule has 18 heavy (non-hydrogen) atoms. The van der Waals surface area contributed by atoms with Crippen molar-refractivity contribution in [1.82, 2.24) is 15.5 Å². The van der Waals surface area contributed by atoms with Gasteiger partial charge >= 0.3 is 0 Å². The lowest BCUT2D eigenvalue weighted by Crippen LogP contribution is -2.43. The monoisotopic (exact) mass is 252 g/mol. The number of carbonyl (C=O) groups excluding carboxylic acids is 1. The molecule has 0 aromatic rings. The molecule has 103 valence electrons. The zero-order valence-electron chi connectivity index (χ0n) is 11.5. The van der Waals surface area contributed by atoms with Gasteiger partial charge in [0.05, 0.1) is 0 Å². The first-order valence-electron chi connectivity index (χ1n) is 7.35. The van der Waals surface area contributed by atoms with Gasteiger partial charge in [0.15, 0.2) is 0 Å². The number of amides is 1. The standard InChI is InChI=1S/C14H26N3O/c1-17-9-6-13(7-10-17)16-14(18)5-4-12-3-2-8-15-11-12/h12-13H,2-11H2,1H3,(H,16,18). The molecular weight excluding hydrogens is 226 g/mol. The zero-order valence-corrected chi connectivity index (χ0v) is 11.5. The Labute approximate surface area is 110 Å². The van der Waals surface area contributed by atoms with E-state index in [1.165, 1.54) is 12.8 Å². The van der Waals surface area contributed by atoms with Gasteiger partial charge in [0, 0.05) is 25.6 Å². The summed E-state index contributed by atoms with van der Waals surface area (Å²) in [7, 11) is 2.14. The van der Waals surface area contributed by atoms with E-state index in [9.17, 15) is 4.79 Å². The number of nitrogens with one attached hydrogen (secondary N) is 1. The van der Waals surface area contributed by atoms with Crippen LogP contribution >= 0.6 is 0 Å². The van der Waals surface area contributed by atoms with Gasteiger partial charge in [-0.2, -0.15) is 0 Å². The lowest BCUT2D eigenvalue weighted by Gasteiger charge is -2.29. The van der Waals surface area contributed by atoms with E-state index in [4.69, 9.17) is 0 Å². The number of likely N-dealkylation sites (tertiary alicyclic amines) is 1. The third-order valence-corrected chi connectivity index (χ3v) is 4.18. The molecule has 4 nitrogen and oxygen atoms in total. The number of nitrogens with zero attached hydrogens (tertiary/aromatic N) is 2. The molecule has 1 unspecified atom stereocenters. The highest BCUT2D eigenvalue weighted by Gasteiger charge is 2.19. The molecular formula is C14H26N3O. The Hall–Kier alpha value is -0.610. The Morgan fingerprint density at radius 3 is 2.78 bits per heavy atom. The van der Waals surface area contributed by atoms with E-state index in [0.717, 1.165) is 45.4 Å². The molecule has 1 amide bonds. The Morgan fingerprint density at radius 2 is 2.11 bits per heavy atom. The topological polar surface area (TPSA) is 46.4 Å². The van der Waals surface area contributed by atoms with Gasteiger partial charge in [-0.3, -0.25) is 4.79 Å². The summed E-state index contributed by atoms with van der Waals surface area (Å²) in [6.45, 7) is 4.21. The van der Waals surface area contributed by atoms with Crippen LogP contribution < -0.4 is 10.6 Å². The summed E-state index contributed by atoms with van der Waals surface area (Å²) >= 11 is 0. The Bertz CT molecular complexity index is 256. The van der Waals surface area contributed by atoms with Crippen molar-refractivity contribution in [2.75, 3.05) is 33.2 Å². The van der Waals surface area contributed by atoms with Gasteiger partial charge in [0.2, 0.25) is 5.91 Å². The molecule has 0 aromatic heterocycles. The summed E-state index contributed by atoms with van der Waals surface area (Å²) in [4.78, 5) is 14.2. The maximum atomic E-state index is 11.9. The van der Waals surface area contributed by atoms with Gasteiger partial charge in [-0.15, -0.1) is 0 Å². The Balaban J connectivity index is 1.59. The van der Waals surface area contributed by atoms with Crippen molar-refractivity contribution in [3.05, 3.63) is 0 Å². The van der Waals surface area contributed by atoms with Gasteiger partial charge in [0.25, 0.3) is 0 Å². The molecule has 2 saturated heterocycles. The molecule has 0 aromatic carbocycles. The minimum absolute atomic E-state index is 0.245. The Kier molecular flexibility index (Phi) is 5.45. The Morgan fingerprint density at radius 1 is 1.33 bits per heavy atom. The molecule has 1 atom stereocenters. The highest BCUT2D eigenvalue weighted by Crippen LogP contribution is 2.17. The van der Waals surface area contributed by atoms with E-state index < -0.39 is 0 Å². The summed E-state index contributed by atoms with van der Waals surface area (Å²) in [5.41, 5.74) is 0. The van der Waals surface area contributed by atoms with E-state index in [1.54, 1.807) is 0 Å². The summed E-state index contributed by atoms with van der Waals surface area (Å²) in [6, 6.07) is 0.407. The normalized spacial score (nSPS) is 27.1. The second kappa shape index (κ2) is 7.10. The second-order valence-electron chi connectivity index (χ2n) is 5.82. The van der Waals surface area contributed by atoms with Crippen LogP contribution in [0.3, 0.4) is 0 Å². The fourth-order valence-corrected chi connectivity index (χ4v) is 2.88. The van der Waals surface area contributed by atoms with Crippen molar-refractivity contribution in [1.29, 1.82) is 0 Å². The summed E-state index contributed by atoms with van der Waals surface area (Å²) in [5.74, 6) is 0.900. The van der Waals surface area contributed by atoms with Gasteiger partial charge in [-0.1, -0.05) is 0 Å². The summed E-state index contributed by atoms with van der Waals surface area (Å²) in [6.07, 6.45) is 6.36. The lowest BCUT2D eigenvalue weighted by atomic mass is 9.94. The molecule has 2 fully saturated rings. The van der Waals surface area contributed by atoms with Gasteiger partial charge in [-0.05, 0) is 58.2 Å². The van der Waals surface area contributed by atoms with Gasteiger partial charge in [0.1, 0.15) is 0 Å². The highest BCUT2D eigenvalue weighted by molar-refractivity contribution is 5.76. The third kappa shape index (κ3) is 4.58. The molecule has 1 N–H and O–H groups in total. The van der Waals surface area contributed by atoms with Crippen molar-refractivity contribution in [2.45, 2.75) is 44.6 Å². The predicted octanol–water partition coefficient (Wildman–Crippen LogP) is 0.991.